The maximum atomic E-state index is 11.2. The van der Waals surface area contributed by atoms with Gasteiger partial charge in [0.15, 0.2) is 5.52 Å². The van der Waals surface area contributed by atoms with Crippen LogP contribution < -0.4 is 0 Å². The van der Waals surface area contributed by atoms with Gasteiger partial charge in [0.1, 0.15) is 0 Å². The summed E-state index contributed by atoms with van der Waals surface area (Å²) < 4.78 is 0.796. The second-order valence-electron chi connectivity index (χ2n) is 4.54. The Morgan fingerprint density at radius 2 is 2.22 bits per heavy atom. The molecule has 1 unspecified atom stereocenters. The SMILES string of the molecule is CC(C)C(O)Cc1ccc2scnc2c1[N+](=O)[O-]. The van der Waals surface area contributed by atoms with Gasteiger partial charge < -0.3 is 5.11 Å². The highest BCUT2D eigenvalue weighted by molar-refractivity contribution is 7.16. The largest absolute Gasteiger partial charge is 0.393 e. The number of benzene rings is 1. The summed E-state index contributed by atoms with van der Waals surface area (Å²) in [5, 5.41) is 21.0. The van der Waals surface area contributed by atoms with Crippen LogP contribution >= 0.6 is 11.3 Å². The molecule has 6 heteroatoms. The average Bonchev–Trinajstić information content (AvgIpc) is 2.75. The molecule has 1 N–H and O–H groups in total. The summed E-state index contributed by atoms with van der Waals surface area (Å²) in [6.07, 6.45) is -0.304. The van der Waals surface area contributed by atoms with Crippen LogP contribution in [0.2, 0.25) is 0 Å². The molecule has 0 aliphatic carbocycles. The van der Waals surface area contributed by atoms with Crippen molar-refractivity contribution in [1.29, 1.82) is 0 Å². The highest BCUT2D eigenvalue weighted by Crippen LogP contribution is 2.32. The van der Waals surface area contributed by atoms with E-state index in [4.69, 9.17) is 0 Å². The first-order valence-electron chi connectivity index (χ1n) is 5.68. The minimum Gasteiger partial charge on any atom is -0.393 e. The third-order valence-electron chi connectivity index (χ3n) is 2.94. The van der Waals surface area contributed by atoms with Crippen molar-refractivity contribution in [2.75, 3.05) is 0 Å². The molecule has 0 saturated heterocycles. The molecule has 0 fully saturated rings. The second kappa shape index (κ2) is 4.99. The van der Waals surface area contributed by atoms with E-state index >= 15 is 0 Å². The number of nitro benzene ring substituents is 1. The van der Waals surface area contributed by atoms with Crippen LogP contribution in [-0.4, -0.2) is 21.1 Å². The Bertz CT molecular complexity index is 580. The summed E-state index contributed by atoms with van der Waals surface area (Å²) in [5.41, 5.74) is 2.58. The summed E-state index contributed by atoms with van der Waals surface area (Å²) in [5.74, 6) is 0.0655. The first-order valence-corrected chi connectivity index (χ1v) is 6.56. The quantitative estimate of drug-likeness (QED) is 0.682. The van der Waals surface area contributed by atoms with Gasteiger partial charge in [-0.05, 0) is 12.0 Å². The Morgan fingerprint density at radius 3 is 2.83 bits per heavy atom. The molecule has 0 spiro atoms. The number of aliphatic hydroxyl groups is 1. The molecule has 0 aliphatic rings. The van der Waals surface area contributed by atoms with E-state index in [0.29, 0.717) is 11.1 Å². The molecule has 0 amide bonds. The third-order valence-corrected chi connectivity index (χ3v) is 3.73. The predicted molar refractivity (Wildman–Crippen MR) is 70.8 cm³/mol. The molecule has 1 aromatic carbocycles. The smallest absolute Gasteiger partial charge is 0.299 e. The summed E-state index contributed by atoms with van der Waals surface area (Å²) in [6.45, 7) is 3.77. The lowest BCUT2D eigenvalue weighted by atomic mass is 9.98. The van der Waals surface area contributed by atoms with E-state index in [2.05, 4.69) is 4.98 Å². The molecule has 96 valence electrons. The standard InChI is InChI=1S/C12H14N2O3S/c1-7(2)9(15)5-8-3-4-10-11(13-6-18-10)12(8)14(16)17/h3-4,6-7,9,15H,5H2,1-2H3. The van der Waals surface area contributed by atoms with E-state index in [1.807, 2.05) is 19.9 Å². The molecule has 0 aliphatic heterocycles. The molecule has 5 nitrogen and oxygen atoms in total. The molecule has 2 aromatic rings. The van der Waals surface area contributed by atoms with Crippen molar-refractivity contribution < 1.29 is 10.0 Å². The van der Waals surface area contributed by atoms with Crippen LogP contribution in [0.15, 0.2) is 17.6 Å². The van der Waals surface area contributed by atoms with Crippen molar-refractivity contribution in [3.05, 3.63) is 33.3 Å². The first-order chi connectivity index (χ1) is 8.50. The van der Waals surface area contributed by atoms with Gasteiger partial charge in [-0.3, -0.25) is 10.1 Å². The fourth-order valence-corrected chi connectivity index (χ4v) is 2.47. The number of hydrogen-bond donors (Lipinski definition) is 1. The predicted octanol–water partition coefficient (Wildman–Crippen LogP) is 2.76. The van der Waals surface area contributed by atoms with Crippen molar-refractivity contribution in [3.63, 3.8) is 0 Å². The van der Waals surface area contributed by atoms with Crippen LogP contribution in [0.1, 0.15) is 19.4 Å². The zero-order valence-electron chi connectivity index (χ0n) is 10.2. The number of nitro groups is 1. The van der Waals surface area contributed by atoms with E-state index in [0.717, 1.165) is 4.70 Å². The average molecular weight is 266 g/mol. The van der Waals surface area contributed by atoms with Gasteiger partial charge in [-0.2, -0.15) is 0 Å². The lowest BCUT2D eigenvalue weighted by Crippen LogP contribution is -2.18. The summed E-state index contributed by atoms with van der Waals surface area (Å²) in [4.78, 5) is 14.8. The van der Waals surface area contributed by atoms with Crippen LogP contribution in [0.4, 0.5) is 5.69 Å². The van der Waals surface area contributed by atoms with Crippen molar-refractivity contribution in [3.8, 4) is 0 Å². The molecule has 18 heavy (non-hydrogen) atoms. The topological polar surface area (TPSA) is 76.3 Å². The number of thiazole rings is 1. The van der Waals surface area contributed by atoms with Crippen molar-refractivity contribution >= 4 is 27.2 Å². The van der Waals surface area contributed by atoms with Gasteiger partial charge in [-0.15, -0.1) is 11.3 Å². The number of aromatic nitrogens is 1. The van der Waals surface area contributed by atoms with Gasteiger partial charge in [-0.25, -0.2) is 4.98 Å². The van der Waals surface area contributed by atoms with Gasteiger partial charge in [0, 0.05) is 12.0 Å². The van der Waals surface area contributed by atoms with Gasteiger partial charge in [-0.1, -0.05) is 19.9 Å². The normalized spacial score (nSPS) is 13.1. The molecular formula is C12H14N2O3S. The van der Waals surface area contributed by atoms with Gasteiger partial charge >= 0.3 is 0 Å². The third kappa shape index (κ3) is 2.34. The Hall–Kier alpha value is -1.53. The second-order valence-corrected chi connectivity index (χ2v) is 5.43. The lowest BCUT2D eigenvalue weighted by Gasteiger charge is -2.14. The number of fused-ring (bicyclic) bond motifs is 1. The maximum absolute atomic E-state index is 11.2. The molecule has 1 aromatic heterocycles. The number of rotatable bonds is 4. The van der Waals surface area contributed by atoms with Crippen LogP contribution in [0.5, 0.6) is 0 Å². The summed E-state index contributed by atoms with van der Waals surface area (Å²) in [6, 6.07) is 3.53. The Morgan fingerprint density at radius 1 is 1.50 bits per heavy atom. The highest BCUT2D eigenvalue weighted by Gasteiger charge is 2.23. The maximum Gasteiger partial charge on any atom is 0.299 e. The van der Waals surface area contributed by atoms with E-state index in [1.165, 1.54) is 11.3 Å². The Balaban J connectivity index is 2.49. The van der Waals surface area contributed by atoms with Crippen LogP contribution in [-0.2, 0) is 6.42 Å². The van der Waals surface area contributed by atoms with Crippen molar-refractivity contribution in [2.24, 2.45) is 5.92 Å². The van der Waals surface area contributed by atoms with Crippen LogP contribution in [0.3, 0.4) is 0 Å². The minimum absolute atomic E-state index is 0.0217. The van der Waals surface area contributed by atoms with Gasteiger partial charge in [0.25, 0.3) is 5.69 Å². The minimum atomic E-state index is -0.584. The summed E-state index contributed by atoms with van der Waals surface area (Å²) >= 11 is 1.37. The Kier molecular flexibility index (Phi) is 3.58. The fourth-order valence-electron chi connectivity index (χ4n) is 1.79. The highest BCUT2D eigenvalue weighted by atomic mass is 32.1. The Labute approximate surface area is 108 Å². The van der Waals surface area contributed by atoms with Gasteiger partial charge in [0.05, 0.1) is 21.2 Å². The zero-order chi connectivity index (χ0) is 13.3. The van der Waals surface area contributed by atoms with Crippen molar-refractivity contribution in [1.82, 2.24) is 4.98 Å². The van der Waals surface area contributed by atoms with E-state index < -0.39 is 11.0 Å². The number of nitrogens with zero attached hydrogens (tertiary/aromatic N) is 2. The molecular weight excluding hydrogens is 252 g/mol. The van der Waals surface area contributed by atoms with Crippen molar-refractivity contribution in [2.45, 2.75) is 26.4 Å². The molecule has 2 rings (SSSR count). The fraction of sp³-hybridized carbons (Fsp3) is 0.417. The number of hydrogen-bond acceptors (Lipinski definition) is 5. The van der Waals surface area contributed by atoms with Crippen LogP contribution in [0, 0.1) is 16.0 Å². The van der Waals surface area contributed by atoms with E-state index in [1.54, 1.807) is 11.6 Å². The van der Waals surface area contributed by atoms with E-state index in [-0.39, 0.29) is 18.0 Å². The van der Waals surface area contributed by atoms with Gasteiger partial charge in [0.2, 0.25) is 0 Å². The molecule has 0 bridgehead atoms. The molecule has 0 saturated carbocycles. The summed E-state index contributed by atoms with van der Waals surface area (Å²) in [7, 11) is 0. The van der Waals surface area contributed by atoms with E-state index in [9.17, 15) is 15.2 Å². The first kappa shape index (κ1) is 12.9. The van der Waals surface area contributed by atoms with Crippen LogP contribution in [0.25, 0.3) is 10.2 Å². The molecule has 0 radical (unpaired) electrons. The molecule has 1 heterocycles. The monoisotopic (exact) mass is 266 g/mol. The lowest BCUT2D eigenvalue weighted by molar-refractivity contribution is -0.384. The molecule has 1 atom stereocenters. The number of aliphatic hydroxyl groups excluding tert-OH is 1. The zero-order valence-corrected chi connectivity index (χ0v) is 11.0.